The number of hydrogen-bond acceptors (Lipinski definition) is 4. The molecule has 1 aromatic carbocycles. The van der Waals surface area contributed by atoms with E-state index < -0.39 is 29.7 Å². The third kappa shape index (κ3) is 5.21. The third-order valence-corrected chi connectivity index (χ3v) is 6.72. The summed E-state index contributed by atoms with van der Waals surface area (Å²) in [6.45, 7) is 5.29. The minimum Gasteiger partial charge on any atom is -0.376 e. The summed E-state index contributed by atoms with van der Waals surface area (Å²) in [5, 5.41) is 2.54. The maximum Gasteiger partial charge on any atom is 0.416 e. The van der Waals surface area contributed by atoms with Crippen molar-refractivity contribution in [2.24, 2.45) is 5.92 Å². The molecule has 1 aromatic rings. The Morgan fingerprint density at radius 3 is 2.61 bits per heavy atom. The van der Waals surface area contributed by atoms with Gasteiger partial charge in [0.25, 0.3) is 5.91 Å². The van der Waals surface area contributed by atoms with E-state index in [0.29, 0.717) is 25.4 Å². The fourth-order valence-corrected chi connectivity index (χ4v) is 5.01. The van der Waals surface area contributed by atoms with Gasteiger partial charge in [-0.05, 0) is 30.4 Å². The molecule has 2 atom stereocenters. The number of ether oxygens (including phenoxy) is 1. The van der Waals surface area contributed by atoms with Crippen LogP contribution in [0, 0.1) is 5.92 Å². The zero-order valence-corrected chi connectivity index (χ0v) is 20.6. The summed E-state index contributed by atoms with van der Waals surface area (Å²) >= 11 is 0. The number of carbonyl (C=O) groups excluding carboxylic acids is 3. The molecule has 196 valence electrons. The molecular weight excluding hydrogens is 477 g/mol. The van der Waals surface area contributed by atoms with Crippen LogP contribution in [0.4, 0.5) is 18.0 Å². The normalized spacial score (nSPS) is 22.4. The van der Waals surface area contributed by atoms with Crippen LogP contribution in [0.2, 0.25) is 0 Å². The molecule has 0 unspecified atom stereocenters. The molecule has 0 aromatic heterocycles. The first-order valence-corrected chi connectivity index (χ1v) is 12.1. The Hall–Kier alpha value is -3.08. The van der Waals surface area contributed by atoms with E-state index in [1.165, 1.54) is 35.0 Å². The number of carbonyl (C=O) groups is 3. The van der Waals surface area contributed by atoms with E-state index in [1.54, 1.807) is 4.90 Å². The molecule has 0 aliphatic carbocycles. The summed E-state index contributed by atoms with van der Waals surface area (Å²) < 4.78 is 46.9. The number of nitrogens with zero attached hydrogens (tertiary/aromatic N) is 3. The molecule has 4 amide bonds. The highest BCUT2D eigenvalue weighted by Gasteiger charge is 2.46. The van der Waals surface area contributed by atoms with E-state index in [1.807, 2.05) is 13.8 Å². The Bertz CT molecular complexity index is 1070. The summed E-state index contributed by atoms with van der Waals surface area (Å²) in [5.74, 6) is -0.623. The first-order chi connectivity index (χ1) is 17.0. The van der Waals surface area contributed by atoms with E-state index in [9.17, 15) is 27.6 Å². The molecule has 1 fully saturated rings. The fraction of sp³-hybridized carbons (Fsp3) is 0.560. The molecule has 0 saturated carbocycles. The van der Waals surface area contributed by atoms with Gasteiger partial charge in [-0.15, -0.1) is 0 Å². The van der Waals surface area contributed by atoms with Gasteiger partial charge in [0, 0.05) is 26.7 Å². The second-order valence-electron chi connectivity index (χ2n) is 9.88. The molecule has 8 nitrogen and oxygen atoms in total. The topological polar surface area (TPSA) is 82.2 Å². The largest absolute Gasteiger partial charge is 0.416 e. The first-order valence-electron chi connectivity index (χ1n) is 12.1. The van der Waals surface area contributed by atoms with Gasteiger partial charge in [0.15, 0.2) is 0 Å². The predicted octanol–water partition coefficient (Wildman–Crippen LogP) is 3.16. The fourth-order valence-electron chi connectivity index (χ4n) is 5.01. The van der Waals surface area contributed by atoms with Crippen molar-refractivity contribution < 1.29 is 32.3 Å². The number of alkyl halides is 3. The molecule has 1 saturated heterocycles. The van der Waals surface area contributed by atoms with Gasteiger partial charge in [-0.3, -0.25) is 14.5 Å². The maximum absolute atomic E-state index is 13.7. The Labute approximate surface area is 208 Å². The van der Waals surface area contributed by atoms with Crippen LogP contribution < -0.4 is 5.32 Å². The van der Waals surface area contributed by atoms with Crippen LogP contribution in [0.5, 0.6) is 0 Å². The average Bonchev–Trinajstić information content (AvgIpc) is 3.43. The van der Waals surface area contributed by atoms with E-state index in [2.05, 4.69) is 5.32 Å². The van der Waals surface area contributed by atoms with Crippen LogP contribution in [0.25, 0.3) is 0 Å². The van der Waals surface area contributed by atoms with Crippen molar-refractivity contribution in [2.45, 2.75) is 45.0 Å². The molecule has 0 bridgehead atoms. The zero-order chi connectivity index (χ0) is 26.2. The molecule has 3 aliphatic rings. The van der Waals surface area contributed by atoms with Crippen LogP contribution >= 0.6 is 0 Å². The van der Waals surface area contributed by atoms with Gasteiger partial charge < -0.3 is 19.9 Å². The molecule has 3 aliphatic heterocycles. The van der Waals surface area contributed by atoms with E-state index in [4.69, 9.17) is 4.74 Å². The molecular formula is C25H31F3N4O4. The monoisotopic (exact) mass is 508 g/mol. The summed E-state index contributed by atoms with van der Waals surface area (Å²) in [4.78, 5) is 43.6. The van der Waals surface area contributed by atoms with Crippen LogP contribution in [-0.4, -0.2) is 78.5 Å². The maximum atomic E-state index is 13.7. The van der Waals surface area contributed by atoms with E-state index >= 15 is 0 Å². The Balaban J connectivity index is 1.59. The lowest BCUT2D eigenvalue weighted by Gasteiger charge is -2.32. The Morgan fingerprint density at radius 1 is 1.25 bits per heavy atom. The van der Waals surface area contributed by atoms with Crippen molar-refractivity contribution >= 4 is 17.8 Å². The second kappa shape index (κ2) is 10.1. The van der Waals surface area contributed by atoms with Gasteiger partial charge >= 0.3 is 12.2 Å². The number of likely N-dealkylation sites (N-methyl/N-ethyl adjacent to an activating group) is 1. The van der Waals surface area contributed by atoms with Gasteiger partial charge in [0.05, 0.1) is 35.5 Å². The number of halogens is 3. The number of nitrogens with one attached hydrogen (secondary N) is 1. The minimum atomic E-state index is -4.66. The van der Waals surface area contributed by atoms with Crippen molar-refractivity contribution in [3.63, 3.8) is 0 Å². The number of benzene rings is 1. The minimum absolute atomic E-state index is 0.0377. The molecule has 0 spiro atoms. The van der Waals surface area contributed by atoms with Crippen molar-refractivity contribution in [3.8, 4) is 0 Å². The molecule has 3 heterocycles. The van der Waals surface area contributed by atoms with Crippen molar-refractivity contribution in [2.75, 3.05) is 39.8 Å². The average molecular weight is 509 g/mol. The van der Waals surface area contributed by atoms with Crippen LogP contribution in [0.3, 0.4) is 0 Å². The molecule has 4 rings (SSSR count). The molecule has 11 heteroatoms. The molecule has 1 N–H and O–H groups in total. The zero-order valence-electron chi connectivity index (χ0n) is 20.6. The van der Waals surface area contributed by atoms with Crippen LogP contribution in [-0.2, 0) is 20.5 Å². The standard InChI is InChI=1S/C25H31F3N4O4/c1-15(2)11-31(12-16-7-6-10-36-16)20(33)14-32-13-19-21(23(32)34)22(29-24(35)30(19)3)17-8-4-5-9-18(17)25(26,27)28/h4-5,8-9,15-16,22H,6-7,10-14H2,1-3H3,(H,29,35)/t16-,22+/m1/s1. The summed E-state index contributed by atoms with van der Waals surface area (Å²) in [5.41, 5.74) is -0.779. The van der Waals surface area contributed by atoms with Crippen LogP contribution in [0.15, 0.2) is 35.5 Å². The number of hydrogen-bond donors (Lipinski definition) is 1. The molecule has 0 radical (unpaired) electrons. The SMILES string of the molecule is CC(C)CN(C[C@H]1CCCO1)C(=O)CN1CC2=C(C1=O)[C@H](c1ccccc1C(F)(F)F)NC(=O)N2C. The highest BCUT2D eigenvalue weighted by atomic mass is 19.4. The summed E-state index contributed by atoms with van der Waals surface area (Å²) in [6, 6.07) is 3.00. The van der Waals surface area contributed by atoms with Crippen LogP contribution in [0.1, 0.15) is 43.9 Å². The van der Waals surface area contributed by atoms with Gasteiger partial charge in [-0.25, -0.2) is 4.79 Å². The van der Waals surface area contributed by atoms with E-state index in [-0.39, 0.29) is 42.2 Å². The van der Waals surface area contributed by atoms with Gasteiger partial charge in [0.2, 0.25) is 5.91 Å². The number of urea groups is 1. The van der Waals surface area contributed by atoms with Crippen molar-refractivity contribution in [1.29, 1.82) is 0 Å². The lowest BCUT2D eigenvalue weighted by molar-refractivity contribution is -0.139. The number of amides is 4. The van der Waals surface area contributed by atoms with Gasteiger partial charge in [0.1, 0.15) is 6.54 Å². The third-order valence-electron chi connectivity index (χ3n) is 6.72. The molecule has 36 heavy (non-hydrogen) atoms. The first kappa shape index (κ1) is 26.0. The lowest BCUT2D eigenvalue weighted by atomic mass is 9.92. The smallest absolute Gasteiger partial charge is 0.376 e. The van der Waals surface area contributed by atoms with E-state index in [0.717, 1.165) is 18.9 Å². The highest BCUT2D eigenvalue weighted by Crippen LogP contribution is 2.41. The van der Waals surface area contributed by atoms with Gasteiger partial charge in [-0.1, -0.05) is 32.0 Å². The lowest BCUT2D eigenvalue weighted by Crippen LogP contribution is -2.46. The predicted molar refractivity (Wildman–Crippen MR) is 124 cm³/mol. The van der Waals surface area contributed by atoms with Crippen molar-refractivity contribution in [3.05, 3.63) is 46.7 Å². The Kier molecular flexibility index (Phi) is 7.31. The van der Waals surface area contributed by atoms with Crippen molar-refractivity contribution in [1.82, 2.24) is 20.0 Å². The summed E-state index contributed by atoms with van der Waals surface area (Å²) in [6.07, 6.45) is -2.92. The quantitative estimate of drug-likeness (QED) is 0.614. The Morgan fingerprint density at radius 2 is 1.97 bits per heavy atom. The second-order valence-corrected chi connectivity index (χ2v) is 9.88. The van der Waals surface area contributed by atoms with Gasteiger partial charge in [-0.2, -0.15) is 13.2 Å². The summed E-state index contributed by atoms with van der Waals surface area (Å²) in [7, 11) is 1.46. The number of rotatable bonds is 7. The highest BCUT2D eigenvalue weighted by molar-refractivity contribution is 6.03.